The summed E-state index contributed by atoms with van der Waals surface area (Å²) in [6, 6.07) is 16.4. The van der Waals surface area contributed by atoms with Crippen molar-refractivity contribution < 1.29 is 27.2 Å². The minimum absolute atomic E-state index is 0.0402. The number of nitrogens with one attached hydrogen (secondary N) is 1. The molecule has 3 aliphatic carbocycles. The maximum absolute atomic E-state index is 13.1. The zero-order valence-electron chi connectivity index (χ0n) is 22.9. The van der Waals surface area contributed by atoms with Crippen LogP contribution in [0.1, 0.15) is 55.8 Å². The third-order valence-electron chi connectivity index (χ3n) is 8.71. The number of para-hydroxylation sites is 1. The Kier molecular flexibility index (Phi) is 7.09. The minimum atomic E-state index is -4.81. The number of benzene rings is 2. The third kappa shape index (κ3) is 5.72. The molecule has 3 saturated carbocycles. The van der Waals surface area contributed by atoms with E-state index >= 15 is 0 Å². The van der Waals surface area contributed by atoms with E-state index in [4.69, 9.17) is 9.26 Å². The highest BCUT2D eigenvalue weighted by atomic mass is 19.4. The molecule has 0 aliphatic heterocycles. The Morgan fingerprint density at radius 2 is 1.55 bits per heavy atom. The first-order chi connectivity index (χ1) is 20.4. The van der Waals surface area contributed by atoms with E-state index in [9.17, 15) is 13.2 Å². The molecule has 10 heteroatoms. The SMILES string of the molecule is FC(F)(F)Oc1ccccc1-c1noc(C2CC2)c1CO[C@H]1C[C@H]2CC[C@@H](C1)[C@@H]2Nc1ncc(-c2ccccc2)cn1. The van der Waals surface area contributed by atoms with E-state index in [0.717, 1.165) is 55.2 Å². The van der Waals surface area contributed by atoms with Crippen molar-refractivity contribution in [3.05, 3.63) is 78.3 Å². The van der Waals surface area contributed by atoms with Gasteiger partial charge in [-0.25, -0.2) is 9.97 Å². The van der Waals surface area contributed by atoms with Crippen LogP contribution in [0.2, 0.25) is 0 Å². The van der Waals surface area contributed by atoms with Gasteiger partial charge in [-0.15, -0.1) is 13.2 Å². The van der Waals surface area contributed by atoms with Crippen LogP contribution in [-0.2, 0) is 11.3 Å². The van der Waals surface area contributed by atoms with Crippen molar-refractivity contribution in [3.63, 3.8) is 0 Å². The van der Waals surface area contributed by atoms with Crippen molar-refractivity contribution in [3.8, 4) is 28.1 Å². The second-order valence-corrected chi connectivity index (χ2v) is 11.5. The molecule has 0 saturated heterocycles. The van der Waals surface area contributed by atoms with E-state index in [-0.39, 0.29) is 36.0 Å². The fourth-order valence-electron chi connectivity index (χ4n) is 6.59. The smallest absolute Gasteiger partial charge is 0.405 e. The molecule has 0 radical (unpaired) electrons. The van der Waals surface area contributed by atoms with Crippen molar-refractivity contribution in [1.29, 1.82) is 0 Å². The number of rotatable bonds is 9. The molecule has 2 bridgehead atoms. The van der Waals surface area contributed by atoms with Crippen molar-refractivity contribution >= 4 is 5.95 Å². The van der Waals surface area contributed by atoms with Crippen LogP contribution in [0.4, 0.5) is 19.1 Å². The molecule has 0 spiro atoms. The first kappa shape index (κ1) is 26.9. The van der Waals surface area contributed by atoms with Gasteiger partial charge in [-0.05, 0) is 68.1 Å². The second-order valence-electron chi connectivity index (χ2n) is 11.5. The van der Waals surface area contributed by atoms with Gasteiger partial charge >= 0.3 is 6.36 Å². The minimum Gasteiger partial charge on any atom is -0.405 e. The Labute approximate surface area is 241 Å². The van der Waals surface area contributed by atoms with E-state index in [2.05, 4.69) is 25.2 Å². The summed E-state index contributed by atoms with van der Waals surface area (Å²) in [6.45, 7) is 0.233. The lowest BCUT2D eigenvalue weighted by molar-refractivity contribution is -0.274. The van der Waals surface area contributed by atoms with Gasteiger partial charge in [0.2, 0.25) is 5.95 Å². The average Bonchev–Trinajstić information content (AvgIpc) is 3.70. The van der Waals surface area contributed by atoms with E-state index in [0.29, 0.717) is 29.2 Å². The van der Waals surface area contributed by atoms with Crippen LogP contribution in [0, 0.1) is 11.8 Å². The summed E-state index contributed by atoms with van der Waals surface area (Å²) >= 11 is 0. The zero-order valence-corrected chi connectivity index (χ0v) is 22.9. The van der Waals surface area contributed by atoms with Crippen molar-refractivity contribution in [2.45, 2.75) is 69.6 Å². The molecular weight excluding hydrogens is 545 g/mol. The summed E-state index contributed by atoms with van der Waals surface area (Å²) in [5.41, 5.74) is 3.38. The summed E-state index contributed by atoms with van der Waals surface area (Å²) in [5.74, 6) is 2.13. The Bertz CT molecular complexity index is 1510. The van der Waals surface area contributed by atoms with Crippen LogP contribution in [0.15, 0.2) is 71.5 Å². The fraction of sp³-hybridized carbons (Fsp3) is 0.406. The molecule has 2 aromatic heterocycles. The summed E-state index contributed by atoms with van der Waals surface area (Å²) in [7, 11) is 0. The van der Waals surface area contributed by atoms with Gasteiger partial charge in [-0.3, -0.25) is 0 Å². The summed E-state index contributed by atoms with van der Waals surface area (Å²) in [5, 5.41) is 7.79. The maximum Gasteiger partial charge on any atom is 0.573 e. The maximum atomic E-state index is 13.1. The number of anilines is 1. The highest BCUT2D eigenvalue weighted by Gasteiger charge is 2.44. The lowest BCUT2D eigenvalue weighted by Crippen LogP contribution is -2.40. The van der Waals surface area contributed by atoms with Crippen LogP contribution in [0.3, 0.4) is 0 Å². The van der Waals surface area contributed by atoms with Gasteiger partial charge in [-0.1, -0.05) is 47.6 Å². The molecule has 0 amide bonds. The van der Waals surface area contributed by atoms with Crippen LogP contribution >= 0.6 is 0 Å². The normalized spacial score (nSPS) is 23.6. The molecule has 7 rings (SSSR count). The number of fused-ring (bicyclic) bond motifs is 2. The number of aromatic nitrogens is 3. The summed E-state index contributed by atoms with van der Waals surface area (Å²) in [4.78, 5) is 9.17. The van der Waals surface area contributed by atoms with Crippen LogP contribution in [0.5, 0.6) is 5.75 Å². The lowest BCUT2D eigenvalue weighted by Gasteiger charge is -2.35. The molecule has 3 aliphatic rings. The largest absolute Gasteiger partial charge is 0.573 e. The Morgan fingerprint density at radius 1 is 0.857 bits per heavy atom. The van der Waals surface area contributed by atoms with Gasteiger partial charge in [0, 0.05) is 41.0 Å². The number of ether oxygens (including phenoxy) is 2. The van der Waals surface area contributed by atoms with Crippen LogP contribution in [-0.4, -0.2) is 33.6 Å². The van der Waals surface area contributed by atoms with Crippen molar-refractivity contribution in [2.24, 2.45) is 11.8 Å². The number of nitrogens with zero attached hydrogens (tertiary/aromatic N) is 3. The van der Waals surface area contributed by atoms with E-state index in [1.165, 1.54) is 12.1 Å². The Balaban J connectivity index is 1.03. The lowest BCUT2D eigenvalue weighted by atomic mass is 9.82. The monoisotopic (exact) mass is 576 g/mol. The average molecular weight is 577 g/mol. The zero-order chi connectivity index (χ0) is 28.7. The quantitative estimate of drug-likeness (QED) is 0.218. The fourth-order valence-corrected chi connectivity index (χ4v) is 6.59. The first-order valence-electron chi connectivity index (χ1n) is 14.5. The van der Waals surface area contributed by atoms with Gasteiger partial charge in [-0.2, -0.15) is 0 Å². The van der Waals surface area contributed by atoms with E-state index in [1.54, 1.807) is 12.1 Å². The molecule has 1 N–H and O–H groups in total. The van der Waals surface area contributed by atoms with E-state index < -0.39 is 6.36 Å². The molecule has 2 heterocycles. The molecule has 42 heavy (non-hydrogen) atoms. The van der Waals surface area contributed by atoms with Gasteiger partial charge in [0.1, 0.15) is 17.2 Å². The Hall–Kier alpha value is -3.92. The molecule has 7 nitrogen and oxygen atoms in total. The summed E-state index contributed by atoms with van der Waals surface area (Å²) in [6.07, 6.45) is 4.88. The molecule has 0 unspecified atom stereocenters. The predicted molar refractivity (Wildman–Crippen MR) is 150 cm³/mol. The molecule has 3 fully saturated rings. The van der Waals surface area contributed by atoms with Crippen molar-refractivity contribution in [2.75, 3.05) is 5.32 Å². The van der Waals surface area contributed by atoms with Crippen LogP contribution < -0.4 is 10.1 Å². The third-order valence-corrected chi connectivity index (χ3v) is 8.71. The van der Waals surface area contributed by atoms with E-state index in [1.807, 2.05) is 42.7 Å². The molecule has 4 aromatic rings. The Morgan fingerprint density at radius 3 is 2.24 bits per heavy atom. The number of hydrogen-bond acceptors (Lipinski definition) is 7. The second kappa shape index (κ2) is 11.1. The van der Waals surface area contributed by atoms with Crippen molar-refractivity contribution in [1.82, 2.24) is 15.1 Å². The molecular formula is C32H31F3N4O3. The number of halogens is 3. The van der Waals surface area contributed by atoms with Crippen LogP contribution in [0.25, 0.3) is 22.4 Å². The standard InChI is InChI=1S/C32H31F3N4O3/c33-32(34,35)41-27-9-5-4-8-25(27)29-26(30(42-39-29)20-10-11-20)18-40-24-14-21-12-13-22(15-24)28(21)38-31-36-16-23(17-37-31)19-6-2-1-3-7-19/h1-9,16-17,20-22,24,28H,10-15,18H2,(H,36,37,38)/t21-,22+,24+,28-. The highest BCUT2D eigenvalue weighted by molar-refractivity contribution is 5.70. The first-order valence-corrected chi connectivity index (χ1v) is 14.5. The molecule has 2 aromatic carbocycles. The van der Waals surface area contributed by atoms with Gasteiger partial charge in [0.05, 0.1) is 12.7 Å². The topological polar surface area (TPSA) is 82.3 Å². The number of alkyl halides is 3. The van der Waals surface area contributed by atoms with Gasteiger partial charge in [0.25, 0.3) is 0 Å². The highest BCUT2D eigenvalue weighted by Crippen LogP contribution is 2.47. The number of hydrogen-bond donors (Lipinski definition) is 1. The molecule has 4 atom stereocenters. The molecule has 218 valence electrons. The summed E-state index contributed by atoms with van der Waals surface area (Å²) < 4.78 is 55.8. The van der Waals surface area contributed by atoms with Gasteiger partial charge < -0.3 is 19.3 Å². The predicted octanol–water partition coefficient (Wildman–Crippen LogP) is 7.76. The van der Waals surface area contributed by atoms with Gasteiger partial charge in [0.15, 0.2) is 0 Å².